The first kappa shape index (κ1) is 14.3. The molecule has 0 aromatic carbocycles. The smallest absolute Gasteiger partial charge is 0.313 e. The maximum absolute atomic E-state index is 11.6. The molecule has 19 heavy (non-hydrogen) atoms. The first-order valence-electron chi connectivity index (χ1n) is 5.79. The number of aromatic nitrogens is 3. The monoisotopic (exact) mass is 305 g/mol. The minimum Gasteiger partial charge on any atom is -0.481 e. The van der Waals surface area contributed by atoms with Gasteiger partial charge in [-0.1, -0.05) is 11.8 Å². The van der Waals surface area contributed by atoms with E-state index in [1.165, 1.54) is 0 Å². The van der Waals surface area contributed by atoms with E-state index in [0.717, 1.165) is 30.9 Å². The number of hydrogen-bond acceptors (Lipinski definition) is 6. The Hall–Kier alpha value is -1.09. The Kier molecular flexibility index (Phi) is 3.86. The van der Waals surface area contributed by atoms with Crippen LogP contribution in [0.4, 0.5) is 0 Å². The summed E-state index contributed by atoms with van der Waals surface area (Å²) >= 11 is 1.07. The molecule has 1 aromatic heterocycles. The predicted octanol–water partition coefficient (Wildman–Crippen LogP) is 0.895. The normalized spacial score (nSPS) is 17.4. The van der Waals surface area contributed by atoms with Crippen molar-refractivity contribution in [1.82, 2.24) is 14.8 Å². The molecular weight excluding hydrogens is 290 g/mol. The second-order valence-electron chi connectivity index (χ2n) is 4.60. The highest BCUT2D eigenvalue weighted by Crippen LogP contribution is 2.40. The first-order chi connectivity index (χ1) is 8.80. The fraction of sp³-hybridized carbons (Fsp3) is 0.700. The van der Waals surface area contributed by atoms with E-state index in [1.807, 2.05) is 0 Å². The molecule has 1 saturated carbocycles. The van der Waals surface area contributed by atoms with Gasteiger partial charge in [0.05, 0.1) is 5.75 Å². The largest absolute Gasteiger partial charge is 0.481 e. The standard InChI is InChI=1S/C10H15N3O4S2/c1-6(19(2,16)17)9-11-12-10(18-5-8(14)15)13(9)7-3-4-7/h6-7H,3-5H2,1-2H3,(H,14,15). The van der Waals surface area contributed by atoms with Crippen LogP contribution in [0.15, 0.2) is 5.16 Å². The van der Waals surface area contributed by atoms with Gasteiger partial charge in [0.2, 0.25) is 0 Å². The lowest BCUT2D eigenvalue weighted by Crippen LogP contribution is -2.14. The average Bonchev–Trinajstić information content (AvgIpc) is 3.04. The molecule has 7 nitrogen and oxygen atoms in total. The molecule has 1 aliphatic carbocycles. The van der Waals surface area contributed by atoms with Crippen LogP contribution in [-0.4, -0.2) is 46.3 Å². The van der Waals surface area contributed by atoms with Crippen LogP contribution in [0.25, 0.3) is 0 Å². The number of carbonyl (C=O) groups is 1. The molecule has 1 aliphatic rings. The van der Waals surface area contributed by atoms with Gasteiger partial charge in [0, 0.05) is 12.3 Å². The zero-order valence-corrected chi connectivity index (χ0v) is 12.2. The second kappa shape index (κ2) is 5.12. The Balaban J connectivity index is 2.32. The lowest BCUT2D eigenvalue weighted by atomic mass is 10.4. The highest BCUT2D eigenvalue weighted by Gasteiger charge is 2.34. The lowest BCUT2D eigenvalue weighted by Gasteiger charge is -2.12. The summed E-state index contributed by atoms with van der Waals surface area (Å²) in [4.78, 5) is 10.6. The summed E-state index contributed by atoms with van der Waals surface area (Å²) in [5.41, 5.74) is 0. The summed E-state index contributed by atoms with van der Waals surface area (Å²) in [6, 6.07) is 0.200. The first-order valence-corrected chi connectivity index (χ1v) is 8.73. The van der Waals surface area contributed by atoms with Gasteiger partial charge in [0.15, 0.2) is 20.8 Å². The van der Waals surface area contributed by atoms with Gasteiger partial charge < -0.3 is 9.67 Å². The number of nitrogens with zero attached hydrogens (tertiary/aromatic N) is 3. The Morgan fingerprint density at radius 2 is 2.16 bits per heavy atom. The molecule has 0 saturated heterocycles. The van der Waals surface area contributed by atoms with Gasteiger partial charge in [-0.3, -0.25) is 4.79 Å². The van der Waals surface area contributed by atoms with Crippen molar-refractivity contribution in [3.8, 4) is 0 Å². The molecule has 1 fully saturated rings. The van der Waals surface area contributed by atoms with Crippen molar-refractivity contribution in [2.75, 3.05) is 12.0 Å². The minimum absolute atomic E-state index is 0.113. The molecule has 1 unspecified atom stereocenters. The van der Waals surface area contributed by atoms with Crippen LogP contribution in [0.3, 0.4) is 0 Å². The van der Waals surface area contributed by atoms with Crippen molar-refractivity contribution in [2.24, 2.45) is 0 Å². The molecule has 9 heteroatoms. The summed E-state index contributed by atoms with van der Waals surface area (Å²) in [7, 11) is -3.25. The molecule has 2 rings (SSSR count). The highest BCUT2D eigenvalue weighted by atomic mass is 32.2. The maximum atomic E-state index is 11.6. The van der Waals surface area contributed by atoms with Gasteiger partial charge in [0.1, 0.15) is 5.25 Å². The fourth-order valence-electron chi connectivity index (χ4n) is 1.66. The van der Waals surface area contributed by atoms with E-state index in [4.69, 9.17) is 5.11 Å². The summed E-state index contributed by atoms with van der Waals surface area (Å²) in [6.45, 7) is 1.57. The van der Waals surface area contributed by atoms with E-state index >= 15 is 0 Å². The SMILES string of the molecule is CC(c1nnc(SCC(=O)O)n1C1CC1)S(C)(=O)=O. The van der Waals surface area contributed by atoms with Crippen LogP contribution >= 0.6 is 11.8 Å². The molecule has 1 atom stereocenters. The number of carboxylic acid groups (broad SMARTS) is 1. The van der Waals surface area contributed by atoms with Crippen molar-refractivity contribution in [3.63, 3.8) is 0 Å². The topological polar surface area (TPSA) is 102 Å². The summed E-state index contributed by atoms with van der Waals surface area (Å²) in [5.74, 6) is -0.649. The Morgan fingerprint density at radius 3 is 2.63 bits per heavy atom. The van der Waals surface area contributed by atoms with E-state index in [1.54, 1.807) is 11.5 Å². The van der Waals surface area contributed by atoms with Gasteiger partial charge in [-0.2, -0.15) is 0 Å². The van der Waals surface area contributed by atoms with Gasteiger partial charge in [-0.05, 0) is 19.8 Å². The third-order valence-corrected chi connectivity index (χ3v) is 5.36. The van der Waals surface area contributed by atoms with Crippen molar-refractivity contribution in [2.45, 2.75) is 36.2 Å². The molecule has 0 radical (unpaired) electrons. The van der Waals surface area contributed by atoms with Crippen LogP contribution in [0.2, 0.25) is 0 Å². The Bertz CT molecular complexity index is 592. The molecule has 106 valence electrons. The van der Waals surface area contributed by atoms with Gasteiger partial charge >= 0.3 is 5.97 Å². The number of sulfone groups is 1. The zero-order valence-electron chi connectivity index (χ0n) is 10.6. The van der Waals surface area contributed by atoms with E-state index < -0.39 is 21.1 Å². The molecule has 1 aromatic rings. The Labute approximate surface area is 115 Å². The molecule has 0 spiro atoms. The molecule has 0 bridgehead atoms. The number of hydrogen-bond donors (Lipinski definition) is 1. The van der Waals surface area contributed by atoms with Crippen molar-refractivity contribution in [1.29, 1.82) is 0 Å². The Morgan fingerprint density at radius 1 is 1.53 bits per heavy atom. The van der Waals surface area contributed by atoms with E-state index in [0.29, 0.717) is 11.0 Å². The van der Waals surface area contributed by atoms with Crippen LogP contribution in [0.5, 0.6) is 0 Å². The summed E-state index contributed by atoms with van der Waals surface area (Å²) in [5, 5.41) is 16.3. The van der Waals surface area contributed by atoms with E-state index in [2.05, 4.69) is 10.2 Å². The lowest BCUT2D eigenvalue weighted by molar-refractivity contribution is -0.133. The highest BCUT2D eigenvalue weighted by molar-refractivity contribution is 7.99. The molecule has 0 amide bonds. The fourth-order valence-corrected chi connectivity index (χ4v) is 2.93. The predicted molar refractivity (Wildman–Crippen MR) is 69.9 cm³/mol. The maximum Gasteiger partial charge on any atom is 0.313 e. The van der Waals surface area contributed by atoms with Crippen LogP contribution in [0.1, 0.15) is 36.9 Å². The summed E-state index contributed by atoms with van der Waals surface area (Å²) < 4.78 is 25.0. The average molecular weight is 305 g/mol. The van der Waals surface area contributed by atoms with Crippen LogP contribution in [0, 0.1) is 0 Å². The molecule has 1 heterocycles. The van der Waals surface area contributed by atoms with Crippen molar-refractivity contribution in [3.05, 3.63) is 5.82 Å². The second-order valence-corrected chi connectivity index (χ2v) is 7.90. The van der Waals surface area contributed by atoms with Crippen LogP contribution < -0.4 is 0 Å². The quantitative estimate of drug-likeness (QED) is 0.779. The van der Waals surface area contributed by atoms with Crippen molar-refractivity contribution >= 4 is 27.6 Å². The summed E-state index contributed by atoms with van der Waals surface area (Å²) in [6.07, 6.45) is 3.05. The molecule has 0 aliphatic heterocycles. The number of aliphatic carboxylic acids is 1. The number of thioether (sulfide) groups is 1. The number of carboxylic acids is 1. The minimum atomic E-state index is -3.25. The van der Waals surface area contributed by atoms with E-state index in [9.17, 15) is 13.2 Å². The van der Waals surface area contributed by atoms with Gasteiger partial charge in [-0.15, -0.1) is 10.2 Å². The molecule has 1 N–H and O–H groups in total. The van der Waals surface area contributed by atoms with E-state index in [-0.39, 0.29) is 11.8 Å². The third kappa shape index (κ3) is 3.27. The number of rotatable bonds is 6. The van der Waals surface area contributed by atoms with Gasteiger partial charge in [0.25, 0.3) is 0 Å². The van der Waals surface area contributed by atoms with Gasteiger partial charge in [-0.25, -0.2) is 8.42 Å². The third-order valence-electron chi connectivity index (χ3n) is 2.93. The van der Waals surface area contributed by atoms with Crippen LogP contribution in [-0.2, 0) is 14.6 Å². The van der Waals surface area contributed by atoms with Crippen molar-refractivity contribution < 1.29 is 18.3 Å². The zero-order chi connectivity index (χ0) is 14.2. The molecular formula is C10H15N3O4S2.